The van der Waals surface area contributed by atoms with E-state index in [-0.39, 0.29) is 0 Å². The molecule has 0 aliphatic heterocycles. The molecule has 0 heteroatoms. The van der Waals surface area contributed by atoms with Crippen molar-refractivity contribution in [3.8, 4) is 0 Å². The summed E-state index contributed by atoms with van der Waals surface area (Å²) in [6.07, 6.45) is 11.9. The Morgan fingerprint density at radius 3 is 2.55 bits per heavy atom. The van der Waals surface area contributed by atoms with E-state index in [1.165, 1.54) is 5.57 Å². The van der Waals surface area contributed by atoms with Gasteiger partial charge in [-0.3, -0.25) is 0 Å². The van der Waals surface area contributed by atoms with Crippen LogP contribution in [0.5, 0.6) is 0 Å². The summed E-state index contributed by atoms with van der Waals surface area (Å²) in [5.41, 5.74) is 1.34. The summed E-state index contributed by atoms with van der Waals surface area (Å²) in [4.78, 5) is 0. The van der Waals surface area contributed by atoms with Gasteiger partial charge in [-0.25, -0.2) is 0 Å². The lowest BCUT2D eigenvalue weighted by Gasteiger charge is -1.93. The number of rotatable bonds is 5. The molecule has 0 fully saturated rings. The van der Waals surface area contributed by atoms with Crippen LogP contribution in [0.25, 0.3) is 0 Å². The van der Waals surface area contributed by atoms with Gasteiger partial charge >= 0.3 is 0 Å². The van der Waals surface area contributed by atoms with Gasteiger partial charge in [0.1, 0.15) is 0 Å². The largest absolute Gasteiger partial charge is 0.103 e. The average Bonchev–Trinajstić information content (AvgIpc) is 2.05. The molecule has 0 amide bonds. The van der Waals surface area contributed by atoms with Crippen LogP contribution in [0.1, 0.15) is 19.8 Å². The average molecular weight is 148 g/mol. The Labute approximate surface area is 69.6 Å². The first kappa shape index (κ1) is 9.96. The van der Waals surface area contributed by atoms with Gasteiger partial charge in [-0.2, -0.15) is 0 Å². The van der Waals surface area contributed by atoms with Gasteiger partial charge in [-0.1, -0.05) is 49.5 Å². The van der Waals surface area contributed by atoms with Crippen LogP contribution in [0.3, 0.4) is 0 Å². The fraction of sp³-hybridized carbons (Fsp3) is 0.273. The molecule has 0 unspecified atom stereocenters. The van der Waals surface area contributed by atoms with Crippen LogP contribution in [0.2, 0.25) is 0 Å². The summed E-state index contributed by atoms with van der Waals surface area (Å²) >= 11 is 0. The lowest BCUT2D eigenvalue weighted by molar-refractivity contribution is 1.13. The zero-order chi connectivity index (χ0) is 8.53. The molecule has 0 bridgehead atoms. The van der Waals surface area contributed by atoms with Crippen LogP contribution in [0, 0.1) is 0 Å². The van der Waals surface area contributed by atoms with Crippen molar-refractivity contribution in [1.82, 2.24) is 0 Å². The summed E-state index contributed by atoms with van der Waals surface area (Å²) in [7, 11) is 0. The number of hydrogen-bond acceptors (Lipinski definition) is 0. The Morgan fingerprint density at radius 2 is 2.09 bits per heavy atom. The molecule has 0 atom stereocenters. The second-order valence-electron chi connectivity index (χ2n) is 2.25. The Hall–Kier alpha value is -1.04. The molecule has 11 heavy (non-hydrogen) atoms. The molecule has 60 valence electrons. The second-order valence-corrected chi connectivity index (χ2v) is 2.25. The van der Waals surface area contributed by atoms with Crippen LogP contribution in [0.15, 0.2) is 49.1 Å². The Morgan fingerprint density at radius 1 is 1.36 bits per heavy atom. The van der Waals surface area contributed by atoms with Gasteiger partial charge in [-0.15, -0.1) is 6.58 Å². The molecule has 0 radical (unpaired) electrons. The predicted octanol–water partition coefficient (Wildman–Crippen LogP) is 3.64. The lowest BCUT2D eigenvalue weighted by Crippen LogP contribution is -1.73. The molecule has 0 nitrogen and oxygen atoms in total. The van der Waals surface area contributed by atoms with Gasteiger partial charge < -0.3 is 0 Å². The smallest absolute Gasteiger partial charge is 0.0166 e. The third kappa shape index (κ3) is 5.41. The molecule has 0 saturated carbocycles. The standard InChI is InChI=1S/C11H16/c1-4-7-9-11(6-3)10-8-5-2/h4-5,7,9-10H,1-2,6,8H2,3H3/b9-7-,11-10-. The maximum absolute atomic E-state index is 3.66. The van der Waals surface area contributed by atoms with Crippen molar-refractivity contribution < 1.29 is 0 Å². The minimum atomic E-state index is 0.949. The molecule has 0 aliphatic carbocycles. The molecule has 0 heterocycles. The maximum Gasteiger partial charge on any atom is -0.0166 e. The Kier molecular flexibility index (Phi) is 6.40. The topological polar surface area (TPSA) is 0 Å². The van der Waals surface area contributed by atoms with Crippen LogP contribution in [-0.2, 0) is 0 Å². The highest BCUT2D eigenvalue weighted by Crippen LogP contribution is 2.04. The molecular formula is C11H16. The number of allylic oxidation sites excluding steroid dienone is 6. The first-order valence-electron chi connectivity index (χ1n) is 3.94. The Bertz CT molecular complexity index is 170. The summed E-state index contributed by atoms with van der Waals surface area (Å²) in [5, 5.41) is 0. The molecule has 0 aromatic heterocycles. The van der Waals surface area contributed by atoms with Crippen molar-refractivity contribution in [1.29, 1.82) is 0 Å². The van der Waals surface area contributed by atoms with Crippen molar-refractivity contribution in [2.45, 2.75) is 19.8 Å². The molecule has 0 rings (SSSR count). The predicted molar refractivity (Wildman–Crippen MR) is 52.5 cm³/mol. The molecule has 0 aromatic rings. The van der Waals surface area contributed by atoms with E-state index in [0.717, 1.165) is 12.8 Å². The van der Waals surface area contributed by atoms with Crippen molar-refractivity contribution >= 4 is 0 Å². The number of hydrogen-bond donors (Lipinski definition) is 0. The Balaban J connectivity index is 4.02. The van der Waals surface area contributed by atoms with Gasteiger partial charge in [0.15, 0.2) is 0 Å². The van der Waals surface area contributed by atoms with Gasteiger partial charge in [0, 0.05) is 0 Å². The zero-order valence-corrected chi connectivity index (χ0v) is 7.22. The van der Waals surface area contributed by atoms with E-state index in [1.54, 1.807) is 6.08 Å². The van der Waals surface area contributed by atoms with E-state index in [1.807, 2.05) is 12.2 Å². The minimum Gasteiger partial charge on any atom is -0.103 e. The highest BCUT2D eigenvalue weighted by molar-refractivity contribution is 5.21. The molecule has 0 saturated heterocycles. The van der Waals surface area contributed by atoms with Crippen LogP contribution in [0.4, 0.5) is 0 Å². The second kappa shape index (κ2) is 7.07. The molecular weight excluding hydrogens is 132 g/mol. The van der Waals surface area contributed by atoms with Crippen molar-refractivity contribution in [3.05, 3.63) is 49.1 Å². The fourth-order valence-corrected chi connectivity index (χ4v) is 0.757. The van der Waals surface area contributed by atoms with E-state index in [0.29, 0.717) is 0 Å². The third-order valence-electron chi connectivity index (χ3n) is 1.40. The summed E-state index contributed by atoms with van der Waals surface area (Å²) < 4.78 is 0. The normalized spacial score (nSPS) is 11.9. The van der Waals surface area contributed by atoms with Gasteiger partial charge in [0.25, 0.3) is 0 Å². The monoisotopic (exact) mass is 148 g/mol. The van der Waals surface area contributed by atoms with E-state index >= 15 is 0 Å². The highest BCUT2D eigenvalue weighted by Gasteiger charge is 1.83. The first-order valence-corrected chi connectivity index (χ1v) is 3.94. The molecule has 0 spiro atoms. The fourth-order valence-electron chi connectivity index (χ4n) is 0.757. The van der Waals surface area contributed by atoms with E-state index < -0.39 is 0 Å². The van der Waals surface area contributed by atoms with Gasteiger partial charge in [-0.05, 0) is 12.8 Å². The van der Waals surface area contributed by atoms with Gasteiger partial charge in [0.05, 0.1) is 0 Å². The molecule has 0 aliphatic rings. The molecule has 0 N–H and O–H groups in total. The summed E-state index contributed by atoms with van der Waals surface area (Å²) in [6.45, 7) is 9.41. The maximum atomic E-state index is 3.66. The van der Waals surface area contributed by atoms with Crippen LogP contribution in [-0.4, -0.2) is 0 Å². The van der Waals surface area contributed by atoms with Crippen molar-refractivity contribution in [2.75, 3.05) is 0 Å². The first-order chi connectivity index (χ1) is 5.35. The lowest BCUT2D eigenvalue weighted by atomic mass is 10.1. The highest BCUT2D eigenvalue weighted by atomic mass is 13.9. The van der Waals surface area contributed by atoms with Gasteiger partial charge in [0.2, 0.25) is 0 Å². The summed E-state index contributed by atoms with van der Waals surface area (Å²) in [6, 6.07) is 0. The SMILES string of the molecule is C=C/C=C\C(=C/CC=C)CC. The van der Waals surface area contributed by atoms with Crippen molar-refractivity contribution in [3.63, 3.8) is 0 Å². The minimum absolute atomic E-state index is 0.949. The van der Waals surface area contributed by atoms with Crippen LogP contribution >= 0.6 is 0 Å². The molecule has 0 aromatic carbocycles. The summed E-state index contributed by atoms with van der Waals surface area (Å²) in [5.74, 6) is 0. The van der Waals surface area contributed by atoms with Crippen LogP contribution < -0.4 is 0 Å². The zero-order valence-electron chi connectivity index (χ0n) is 7.22. The quantitative estimate of drug-likeness (QED) is 0.412. The van der Waals surface area contributed by atoms with E-state index in [2.05, 4.69) is 32.2 Å². The third-order valence-corrected chi connectivity index (χ3v) is 1.40. The van der Waals surface area contributed by atoms with E-state index in [9.17, 15) is 0 Å². The van der Waals surface area contributed by atoms with Crippen molar-refractivity contribution in [2.24, 2.45) is 0 Å². The van der Waals surface area contributed by atoms with E-state index in [4.69, 9.17) is 0 Å².